The SMILES string of the molecule is C=C/C=C(\C=C)CN1CCC(NC(=O)CCCOc2cc(C(C)C)ccc2C)CC1. The molecule has 1 aromatic rings. The van der Waals surface area contributed by atoms with Crippen LogP contribution in [0.3, 0.4) is 0 Å². The number of allylic oxidation sites excluding steroid dienone is 2. The number of nitrogens with one attached hydrogen (secondary N) is 1. The fourth-order valence-corrected chi connectivity index (χ4v) is 3.68. The fourth-order valence-electron chi connectivity index (χ4n) is 3.68. The van der Waals surface area contributed by atoms with Gasteiger partial charge in [0.25, 0.3) is 0 Å². The van der Waals surface area contributed by atoms with Gasteiger partial charge in [-0.3, -0.25) is 9.69 Å². The summed E-state index contributed by atoms with van der Waals surface area (Å²) in [6, 6.07) is 6.65. The van der Waals surface area contributed by atoms with E-state index in [1.165, 1.54) is 11.1 Å². The van der Waals surface area contributed by atoms with Crippen LogP contribution in [-0.4, -0.2) is 43.1 Å². The molecule has 1 saturated heterocycles. The molecule has 0 saturated carbocycles. The summed E-state index contributed by atoms with van der Waals surface area (Å²) in [4.78, 5) is 14.7. The second-order valence-electron chi connectivity index (χ2n) is 8.43. The lowest BCUT2D eigenvalue weighted by molar-refractivity contribution is -0.122. The molecular weight excluding hydrogens is 372 g/mol. The Morgan fingerprint density at radius 3 is 2.67 bits per heavy atom. The van der Waals surface area contributed by atoms with Gasteiger partial charge in [-0.15, -0.1) is 0 Å². The number of nitrogens with zero attached hydrogens (tertiary/aromatic N) is 1. The minimum atomic E-state index is 0.128. The second kappa shape index (κ2) is 12.4. The molecule has 1 heterocycles. The Morgan fingerprint density at radius 2 is 2.03 bits per heavy atom. The summed E-state index contributed by atoms with van der Waals surface area (Å²) >= 11 is 0. The van der Waals surface area contributed by atoms with E-state index in [4.69, 9.17) is 4.74 Å². The Labute approximate surface area is 182 Å². The number of hydrogen-bond donors (Lipinski definition) is 1. The summed E-state index contributed by atoms with van der Waals surface area (Å²) < 4.78 is 5.94. The molecule has 0 spiro atoms. The largest absolute Gasteiger partial charge is 0.493 e. The number of ether oxygens (including phenoxy) is 1. The van der Waals surface area contributed by atoms with Crippen molar-refractivity contribution in [3.63, 3.8) is 0 Å². The van der Waals surface area contributed by atoms with E-state index in [1.807, 2.05) is 12.2 Å². The topological polar surface area (TPSA) is 41.6 Å². The van der Waals surface area contributed by atoms with Crippen LogP contribution < -0.4 is 10.1 Å². The van der Waals surface area contributed by atoms with Crippen LogP contribution in [-0.2, 0) is 4.79 Å². The van der Waals surface area contributed by atoms with Gasteiger partial charge in [0, 0.05) is 32.1 Å². The zero-order chi connectivity index (χ0) is 21.9. The van der Waals surface area contributed by atoms with Crippen LogP contribution in [0.2, 0.25) is 0 Å². The molecule has 1 aliphatic rings. The number of piperidine rings is 1. The lowest BCUT2D eigenvalue weighted by Gasteiger charge is -2.32. The molecule has 0 bridgehead atoms. The third-order valence-electron chi connectivity index (χ3n) is 5.64. The molecular formula is C26H38N2O2. The zero-order valence-corrected chi connectivity index (χ0v) is 19.0. The van der Waals surface area contributed by atoms with E-state index < -0.39 is 0 Å². The lowest BCUT2D eigenvalue weighted by Crippen LogP contribution is -2.45. The van der Waals surface area contributed by atoms with Gasteiger partial charge in [-0.25, -0.2) is 0 Å². The molecule has 1 aliphatic heterocycles. The third-order valence-corrected chi connectivity index (χ3v) is 5.64. The van der Waals surface area contributed by atoms with Gasteiger partial charge < -0.3 is 10.1 Å². The highest BCUT2D eigenvalue weighted by molar-refractivity contribution is 5.76. The highest BCUT2D eigenvalue weighted by Gasteiger charge is 2.20. The monoisotopic (exact) mass is 410 g/mol. The van der Waals surface area contributed by atoms with E-state index in [1.54, 1.807) is 6.08 Å². The van der Waals surface area contributed by atoms with Gasteiger partial charge in [-0.2, -0.15) is 0 Å². The number of carbonyl (C=O) groups excluding carboxylic acids is 1. The van der Waals surface area contributed by atoms with Crippen molar-refractivity contribution >= 4 is 5.91 Å². The van der Waals surface area contributed by atoms with Crippen LogP contribution in [0.25, 0.3) is 0 Å². The average Bonchev–Trinajstić information content (AvgIpc) is 2.73. The van der Waals surface area contributed by atoms with Crippen molar-refractivity contribution < 1.29 is 9.53 Å². The third kappa shape index (κ3) is 7.83. The standard InChI is InChI=1S/C26H38N2O2/c1-6-9-22(7-2)19-28-15-13-24(14-16-28)27-26(29)10-8-17-30-25-18-23(20(3)4)12-11-21(25)5/h6-7,9,11-12,18,20,24H,1-2,8,10,13-17,19H2,3-5H3,(H,27,29)/b22-9+. The van der Waals surface area contributed by atoms with Crippen molar-refractivity contribution in [2.24, 2.45) is 0 Å². The molecule has 30 heavy (non-hydrogen) atoms. The van der Waals surface area contributed by atoms with Gasteiger partial charge >= 0.3 is 0 Å². The number of likely N-dealkylation sites (tertiary alicyclic amines) is 1. The molecule has 0 aromatic heterocycles. The molecule has 1 N–H and O–H groups in total. The number of amides is 1. The Kier molecular flexibility index (Phi) is 9.88. The smallest absolute Gasteiger partial charge is 0.220 e. The Bertz CT molecular complexity index is 743. The van der Waals surface area contributed by atoms with Crippen LogP contribution in [0.5, 0.6) is 5.75 Å². The Balaban J connectivity index is 1.66. The minimum Gasteiger partial charge on any atom is -0.493 e. The quantitative estimate of drug-likeness (QED) is 0.405. The first-order chi connectivity index (χ1) is 14.4. The number of aryl methyl sites for hydroxylation is 1. The van der Waals surface area contributed by atoms with Crippen LogP contribution >= 0.6 is 0 Å². The second-order valence-corrected chi connectivity index (χ2v) is 8.43. The Morgan fingerprint density at radius 1 is 1.30 bits per heavy atom. The van der Waals surface area contributed by atoms with Crippen molar-refractivity contribution in [3.8, 4) is 5.75 Å². The fraction of sp³-hybridized carbons (Fsp3) is 0.500. The maximum atomic E-state index is 12.3. The summed E-state index contributed by atoms with van der Waals surface area (Å²) in [7, 11) is 0. The van der Waals surface area contributed by atoms with Gasteiger partial charge in [0.05, 0.1) is 6.61 Å². The van der Waals surface area contributed by atoms with Crippen molar-refractivity contribution in [1.82, 2.24) is 10.2 Å². The summed E-state index contributed by atoms with van der Waals surface area (Å²) in [6.45, 7) is 17.5. The molecule has 2 rings (SSSR count). The number of hydrogen-bond acceptors (Lipinski definition) is 3. The molecule has 0 radical (unpaired) electrons. The van der Waals surface area contributed by atoms with Crippen LogP contribution in [0.15, 0.2) is 55.2 Å². The highest BCUT2D eigenvalue weighted by atomic mass is 16.5. The van der Waals surface area contributed by atoms with Crippen LogP contribution in [0.4, 0.5) is 0 Å². The van der Waals surface area contributed by atoms with Crippen molar-refractivity contribution in [1.29, 1.82) is 0 Å². The molecule has 0 atom stereocenters. The molecule has 4 heteroatoms. The van der Waals surface area contributed by atoms with Gasteiger partial charge in [0.2, 0.25) is 5.91 Å². The van der Waals surface area contributed by atoms with E-state index in [2.05, 4.69) is 62.3 Å². The van der Waals surface area contributed by atoms with Crippen LogP contribution in [0, 0.1) is 6.92 Å². The van der Waals surface area contributed by atoms with E-state index in [0.717, 1.165) is 50.2 Å². The summed E-state index contributed by atoms with van der Waals surface area (Å²) in [6.07, 6.45) is 8.90. The zero-order valence-electron chi connectivity index (χ0n) is 19.0. The van der Waals surface area contributed by atoms with Gasteiger partial charge in [-0.1, -0.05) is 57.4 Å². The maximum absolute atomic E-state index is 12.3. The molecule has 1 aromatic carbocycles. The highest BCUT2D eigenvalue weighted by Crippen LogP contribution is 2.24. The van der Waals surface area contributed by atoms with E-state index >= 15 is 0 Å². The number of carbonyl (C=O) groups is 1. The molecule has 4 nitrogen and oxygen atoms in total. The van der Waals surface area contributed by atoms with Gasteiger partial charge in [0.1, 0.15) is 5.75 Å². The molecule has 0 aliphatic carbocycles. The molecule has 164 valence electrons. The van der Waals surface area contributed by atoms with Crippen LogP contribution in [0.1, 0.15) is 56.6 Å². The minimum absolute atomic E-state index is 0.128. The predicted octanol–water partition coefficient (Wildman–Crippen LogP) is 5.16. The van der Waals surface area contributed by atoms with Gasteiger partial charge in [-0.05, 0) is 54.9 Å². The van der Waals surface area contributed by atoms with Crippen molar-refractivity contribution in [2.75, 3.05) is 26.2 Å². The van der Waals surface area contributed by atoms with Gasteiger partial charge in [0.15, 0.2) is 0 Å². The molecule has 1 fully saturated rings. The average molecular weight is 411 g/mol. The van der Waals surface area contributed by atoms with Crippen molar-refractivity contribution in [2.45, 2.75) is 58.4 Å². The maximum Gasteiger partial charge on any atom is 0.220 e. The summed E-state index contributed by atoms with van der Waals surface area (Å²) in [5.74, 6) is 1.54. The first-order valence-electron chi connectivity index (χ1n) is 11.1. The lowest BCUT2D eigenvalue weighted by atomic mass is 10.0. The molecule has 1 amide bonds. The Hall–Kier alpha value is -2.33. The molecule has 0 unspecified atom stereocenters. The number of benzene rings is 1. The van der Waals surface area contributed by atoms with E-state index in [9.17, 15) is 4.79 Å². The number of rotatable bonds is 11. The first kappa shape index (κ1) is 23.9. The van der Waals surface area contributed by atoms with E-state index in [-0.39, 0.29) is 11.9 Å². The predicted molar refractivity (Wildman–Crippen MR) is 126 cm³/mol. The van der Waals surface area contributed by atoms with Crippen molar-refractivity contribution in [3.05, 3.63) is 66.3 Å². The van der Waals surface area contributed by atoms with E-state index in [0.29, 0.717) is 18.9 Å². The summed E-state index contributed by atoms with van der Waals surface area (Å²) in [5, 5.41) is 3.19. The normalized spacial score (nSPS) is 15.8. The first-order valence-corrected chi connectivity index (χ1v) is 11.1. The summed E-state index contributed by atoms with van der Waals surface area (Å²) in [5.41, 5.74) is 3.60.